The number of allylic oxidation sites excluding steroid dienone is 3. The van der Waals surface area contributed by atoms with Crippen molar-refractivity contribution in [1.82, 2.24) is 0 Å². The van der Waals surface area contributed by atoms with Crippen LogP contribution < -0.4 is 0 Å². The molecule has 0 amide bonds. The van der Waals surface area contributed by atoms with Crippen molar-refractivity contribution in [3.05, 3.63) is 23.3 Å². The van der Waals surface area contributed by atoms with Crippen LogP contribution in [0.2, 0.25) is 0 Å². The highest BCUT2D eigenvalue weighted by molar-refractivity contribution is 8.78. The Kier molecular flexibility index (Phi) is 9.41. The number of hydrogen-bond acceptors (Lipinski definition) is 5. The zero-order valence-electron chi connectivity index (χ0n) is 8.93. The fourth-order valence-corrected chi connectivity index (χ4v) is 2.29. The van der Waals surface area contributed by atoms with Gasteiger partial charge in [0.1, 0.15) is 11.6 Å². The van der Waals surface area contributed by atoms with Crippen molar-refractivity contribution >= 4 is 34.3 Å². The van der Waals surface area contributed by atoms with Crippen LogP contribution in [-0.2, 0) is 9.53 Å². The highest BCUT2D eigenvalue weighted by Crippen LogP contribution is 2.30. The molecule has 0 bridgehead atoms. The number of ether oxygens (including phenoxy) is 1. The van der Waals surface area contributed by atoms with Crippen molar-refractivity contribution in [1.29, 1.82) is 0 Å². The van der Waals surface area contributed by atoms with E-state index in [1.807, 2.05) is 25.2 Å². The Bertz CT molecular complexity index is 262. The molecule has 0 aromatic rings. The molecule has 0 spiro atoms. The van der Waals surface area contributed by atoms with Crippen LogP contribution in [0.15, 0.2) is 28.2 Å². The fourth-order valence-electron chi connectivity index (χ4n) is 0.607. The molecule has 0 heterocycles. The number of carbonyl (C=O) groups is 1. The van der Waals surface area contributed by atoms with Gasteiger partial charge in [-0.05, 0) is 30.5 Å². The summed E-state index contributed by atoms with van der Waals surface area (Å²) in [5.41, 5.74) is 0. The van der Waals surface area contributed by atoms with E-state index in [2.05, 4.69) is 11.7 Å². The first kappa shape index (κ1) is 14.3. The number of rotatable bonds is 7. The lowest BCUT2D eigenvalue weighted by Crippen LogP contribution is -2.01. The average molecular weight is 245 g/mol. The minimum atomic E-state index is -0.243. The van der Waals surface area contributed by atoms with Gasteiger partial charge in [0.15, 0.2) is 0 Å². The monoisotopic (exact) mass is 245 g/mol. The zero-order chi connectivity index (χ0) is 11.5. The van der Waals surface area contributed by atoms with E-state index in [9.17, 15) is 4.79 Å². The molecule has 15 heavy (non-hydrogen) atoms. The smallest absolute Gasteiger partial charge is 0.302 e. The first-order valence-corrected chi connectivity index (χ1v) is 6.75. The molecule has 0 saturated heterocycles. The van der Waals surface area contributed by atoms with E-state index in [0.29, 0.717) is 6.61 Å². The Morgan fingerprint density at radius 3 is 2.87 bits per heavy atom. The molecular weight excluding hydrogens is 230 g/mol. The molecule has 0 radical (unpaired) electrons. The van der Waals surface area contributed by atoms with Gasteiger partial charge in [0, 0.05) is 12.7 Å². The van der Waals surface area contributed by atoms with Gasteiger partial charge >= 0.3 is 5.97 Å². The van der Waals surface area contributed by atoms with Gasteiger partial charge in [-0.1, -0.05) is 22.9 Å². The minimum Gasteiger partial charge on any atom is -0.465 e. The molecule has 0 atom stereocenters. The maximum absolute atomic E-state index is 10.5. The van der Waals surface area contributed by atoms with Crippen molar-refractivity contribution in [3.8, 4) is 0 Å². The van der Waals surface area contributed by atoms with E-state index in [1.165, 1.54) is 17.7 Å². The lowest BCUT2D eigenvalue weighted by Gasteiger charge is -2.01. The Morgan fingerprint density at radius 1 is 1.60 bits per heavy atom. The molecule has 0 N–H and O–H groups in total. The van der Waals surface area contributed by atoms with Crippen molar-refractivity contribution in [2.24, 2.45) is 4.99 Å². The van der Waals surface area contributed by atoms with Crippen LogP contribution in [0, 0.1) is 0 Å². The standard InChI is InChI=1S/C10H15NO2S2/c1-4-5-6-10(11-3)15-14-8-7-13-9(2)12/h4-6H,3,7-8H2,1-2H3/b5-4-,10-6+. The average Bonchev–Trinajstić information content (AvgIpc) is 2.21. The molecule has 0 aliphatic rings. The van der Waals surface area contributed by atoms with Crippen LogP contribution >= 0.6 is 21.6 Å². The predicted molar refractivity (Wildman–Crippen MR) is 69.1 cm³/mol. The van der Waals surface area contributed by atoms with Crippen molar-refractivity contribution in [2.75, 3.05) is 12.4 Å². The second kappa shape index (κ2) is 9.86. The second-order valence-electron chi connectivity index (χ2n) is 2.43. The molecule has 0 saturated carbocycles. The van der Waals surface area contributed by atoms with Gasteiger partial charge in [0.2, 0.25) is 0 Å². The molecule has 84 valence electrons. The van der Waals surface area contributed by atoms with E-state index < -0.39 is 0 Å². The summed E-state index contributed by atoms with van der Waals surface area (Å²) < 4.78 is 4.79. The van der Waals surface area contributed by atoms with Crippen LogP contribution in [-0.4, -0.2) is 25.0 Å². The molecule has 0 fully saturated rings. The normalized spacial score (nSPS) is 11.7. The Morgan fingerprint density at radius 2 is 2.33 bits per heavy atom. The predicted octanol–water partition coefficient (Wildman–Crippen LogP) is 3.05. The van der Waals surface area contributed by atoms with Gasteiger partial charge < -0.3 is 4.74 Å². The fraction of sp³-hybridized carbons (Fsp3) is 0.400. The summed E-state index contributed by atoms with van der Waals surface area (Å²) in [6.45, 7) is 7.24. The summed E-state index contributed by atoms with van der Waals surface area (Å²) in [4.78, 5) is 14.3. The quantitative estimate of drug-likeness (QED) is 0.227. The topological polar surface area (TPSA) is 38.7 Å². The molecule has 0 aromatic carbocycles. The lowest BCUT2D eigenvalue weighted by molar-refractivity contribution is -0.140. The summed E-state index contributed by atoms with van der Waals surface area (Å²) in [6, 6.07) is 0. The summed E-state index contributed by atoms with van der Waals surface area (Å²) in [5, 5.41) is 0.848. The number of nitrogens with zero attached hydrogens (tertiary/aromatic N) is 1. The van der Waals surface area contributed by atoms with Crippen molar-refractivity contribution < 1.29 is 9.53 Å². The zero-order valence-corrected chi connectivity index (χ0v) is 10.6. The van der Waals surface area contributed by atoms with Crippen LogP contribution in [0.25, 0.3) is 0 Å². The summed E-state index contributed by atoms with van der Waals surface area (Å²) in [6.07, 6.45) is 5.72. The number of carbonyl (C=O) groups excluding carboxylic acids is 1. The summed E-state index contributed by atoms with van der Waals surface area (Å²) >= 11 is 0. The van der Waals surface area contributed by atoms with E-state index in [-0.39, 0.29) is 5.97 Å². The van der Waals surface area contributed by atoms with Crippen LogP contribution in [0.3, 0.4) is 0 Å². The number of esters is 1. The van der Waals surface area contributed by atoms with Gasteiger partial charge in [0.05, 0.1) is 0 Å². The molecule has 0 aromatic heterocycles. The van der Waals surface area contributed by atoms with Gasteiger partial charge in [-0.15, -0.1) is 0 Å². The summed E-state index contributed by atoms with van der Waals surface area (Å²) in [7, 11) is 3.10. The van der Waals surface area contributed by atoms with Crippen LogP contribution in [0.4, 0.5) is 0 Å². The summed E-state index contributed by atoms with van der Waals surface area (Å²) in [5.74, 6) is 0.500. The van der Waals surface area contributed by atoms with E-state index in [4.69, 9.17) is 4.74 Å². The van der Waals surface area contributed by atoms with E-state index in [1.54, 1.807) is 10.8 Å². The SMILES string of the molecule is C=N/C(=C\C=C/C)SSCCOC(C)=O. The molecule has 0 aliphatic heterocycles. The Labute approximate surface area is 98.5 Å². The van der Waals surface area contributed by atoms with Gasteiger partial charge in [-0.25, -0.2) is 0 Å². The largest absolute Gasteiger partial charge is 0.465 e. The highest BCUT2D eigenvalue weighted by Gasteiger charge is 1.96. The van der Waals surface area contributed by atoms with Gasteiger partial charge in [-0.2, -0.15) is 0 Å². The van der Waals surface area contributed by atoms with Crippen LogP contribution in [0.5, 0.6) is 0 Å². The maximum atomic E-state index is 10.5. The van der Waals surface area contributed by atoms with Gasteiger partial charge in [0.25, 0.3) is 0 Å². The molecule has 5 heteroatoms. The first-order valence-electron chi connectivity index (χ1n) is 4.43. The van der Waals surface area contributed by atoms with Crippen LogP contribution in [0.1, 0.15) is 13.8 Å². The molecule has 0 unspecified atom stereocenters. The third kappa shape index (κ3) is 9.62. The Hall–Kier alpha value is -0.680. The molecule has 3 nitrogen and oxygen atoms in total. The maximum Gasteiger partial charge on any atom is 0.302 e. The third-order valence-electron chi connectivity index (χ3n) is 1.20. The van der Waals surface area contributed by atoms with E-state index in [0.717, 1.165) is 10.8 Å². The molecular formula is C10H15NO2S2. The Balaban J connectivity index is 3.64. The third-order valence-corrected chi connectivity index (χ3v) is 3.46. The number of aliphatic imine (C=N–C) groups is 1. The molecule has 0 rings (SSSR count). The number of hydrogen-bond donors (Lipinski definition) is 0. The second-order valence-corrected chi connectivity index (χ2v) is 4.87. The minimum absolute atomic E-state index is 0.243. The highest BCUT2D eigenvalue weighted by atomic mass is 33.1. The van der Waals surface area contributed by atoms with Gasteiger partial charge in [-0.3, -0.25) is 9.79 Å². The van der Waals surface area contributed by atoms with E-state index >= 15 is 0 Å². The van der Waals surface area contributed by atoms with Crippen molar-refractivity contribution in [2.45, 2.75) is 13.8 Å². The van der Waals surface area contributed by atoms with Crippen molar-refractivity contribution in [3.63, 3.8) is 0 Å². The molecule has 0 aliphatic carbocycles. The first-order chi connectivity index (χ1) is 7.20. The lowest BCUT2D eigenvalue weighted by atomic mass is 10.5.